The summed E-state index contributed by atoms with van der Waals surface area (Å²) in [6.45, 7) is 0. The van der Waals surface area contributed by atoms with Crippen LogP contribution in [0.15, 0.2) is 176 Å². The zero-order valence-electron chi connectivity index (χ0n) is 24.7. The first-order valence-corrected chi connectivity index (χ1v) is 15.5. The Bertz CT molecular complexity index is 2520. The maximum atomic E-state index is 2.41. The summed E-state index contributed by atoms with van der Waals surface area (Å²) in [5, 5.41) is 7.61. The summed E-state index contributed by atoms with van der Waals surface area (Å²) < 4.78 is 2.41. The second kappa shape index (κ2) is 10.4. The quantitative estimate of drug-likeness (QED) is 0.198. The Balaban J connectivity index is 1.15. The first-order valence-electron chi connectivity index (χ1n) is 15.5. The summed E-state index contributed by atoms with van der Waals surface area (Å²) in [5.41, 5.74) is 11.0. The Labute approximate surface area is 262 Å². The molecule has 0 N–H and O–H groups in total. The van der Waals surface area contributed by atoms with Crippen LogP contribution in [0.2, 0.25) is 0 Å². The van der Waals surface area contributed by atoms with Gasteiger partial charge < -0.3 is 4.57 Å². The largest absolute Gasteiger partial charge is 0.309 e. The molecule has 210 valence electrons. The summed E-state index contributed by atoms with van der Waals surface area (Å²) in [6.07, 6.45) is 0. The molecular weight excluding hydrogens is 542 g/mol. The monoisotopic (exact) mass is 571 g/mol. The molecule has 0 bridgehead atoms. The SMILES string of the molecule is c1cc(-c2cccc3ccccc23)cc(-n2c3ccccc3c3cc(-c4ccc(-c5cccc6ccccc56)cc4)ccc32)c1. The average molecular weight is 572 g/mol. The van der Waals surface area contributed by atoms with Gasteiger partial charge in [0, 0.05) is 16.5 Å². The van der Waals surface area contributed by atoms with Gasteiger partial charge in [-0.15, -0.1) is 0 Å². The molecule has 0 aliphatic carbocycles. The number of hydrogen-bond donors (Lipinski definition) is 0. The van der Waals surface area contributed by atoms with E-state index >= 15 is 0 Å². The van der Waals surface area contributed by atoms with Gasteiger partial charge in [0.25, 0.3) is 0 Å². The number of hydrogen-bond acceptors (Lipinski definition) is 0. The predicted molar refractivity (Wildman–Crippen MR) is 192 cm³/mol. The van der Waals surface area contributed by atoms with Crippen LogP contribution in [0, 0.1) is 0 Å². The third-order valence-corrected chi connectivity index (χ3v) is 9.20. The van der Waals surface area contributed by atoms with Gasteiger partial charge >= 0.3 is 0 Å². The van der Waals surface area contributed by atoms with E-state index in [0.29, 0.717) is 0 Å². The molecule has 9 aromatic rings. The standard InChI is InChI=1S/C44H29N/c1-3-16-37-31(10-1)12-8-19-39(37)33-24-22-30(23-25-33)34-26-27-44-42(29-34)41-18-5-6-21-43(41)45(44)36-15-7-14-35(28-36)40-20-9-13-32-11-2-4-17-38(32)40/h1-29H. The van der Waals surface area contributed by atoms with Crippen molar-refractivity contribution in [1.82, 2.24) is 4.57 Å². The molecule has 9 rings (SSSR count). The summed E-state index contributed by atoms with van der Waals surface area (Å²) in [7, 11) is 0. The lowest BCUT2D eigenvalue weighted by Gasteiger charge is -2.12. The summed E-state index contributed by atoms with van der Waals surface area (Å²) in [5.74, 6) is 0. The fourth-order valence-electron chi connectivity index (χ4n) is 7.04. The lowest BCUT2D eigenvalue weighted by atomic mass is 9.96. The second-order valence-corrected chi connectivity index (χ2v) is 11.8. The molecule has 1 heterocycles. The van der Waals surface area contributed by atoms with Crippen LogP contribution in [-0.4, -0.2) is 4.57 Å². The van der Waals surface area contributed by atoms with E-state index in [0.717, 1.165) is 0 Å². The minimum atomic E-state index is 1.17. The average Bonchev–Trinajstić information content (AvgIpc) is 3.45. The molecule has 8 aromatic carbocycles. The number of rotatable bonds is 4. The highest BCUT2D eigenvalue weighted by atomic mass is 15.0. The van der Waals surface area contributed by atoms with Crippen molar-refractivity contribution in [3.8, 4) is 39.1 Å². The van der Waals surface area contributed by atoms with E-state index in [-0.39, 0.29) is 0 Å². The lowest BCUT2D eigenvalue weighted by Crippen LogP contribution is -1.94. The van der Waals surface area contributed by atoms with E-state index < -0.39 is 0 Å². The first-order chi connectivity index (χ1) is 22.3. The third-order valence-electron chi connectivity index (χ3n) is 9.20. The van der Waals surface area contributed by atoms with Crippen molar-refractivity contribution in [3.05, 3.63) is 176 Å². The maximum absolute atomic E-state index is 2.41. The minimum Gasteiger partial charge on any atom is -0.309 e. The molecule has 0 aliphatic rings. The van der Waals surface area contributed by atoms with E-state index in [1.165, 1.54) is 82.4 Å². The van der Waals surface area contributed by atoms with E-state index in [4.69, 9.17) is 0 Å². The molecule has 1 aromatic heterocycles. The molecule has 1 heteroatoms. The Hall–Kier alpha value is -5.92. The first kappa shape index (κ1) is 25.6. The fourth-order valence-corrected chi connectivity index (χ4v) is 7.04. The van der Waals surface area contributed by atoms with Gasteiger partial charge in [0.05, 0.1) is 11.0 Å². The number of nitrogens with zero attached hydrogens (tertiary/aromatic N) is 1. The van der Waals surface area contributed by atoms with Crippen molar-refractivity contribution in [2.24, 2.45) is 0 Å². The topological polar surface area (TPSA) is 4.93 Å². The van der Waals surface area contributed by atoms with Crippen molar-refractivity contribution in [3.63, 3.8) is 0 Å². The normalized spacial score (nSPS) is 11.6. The Morgan fingerprint density at radius 3 is 1.56 bits per heavy atom. The number of para-hydroxylation sites is 1. The van der Waals surface area contributed by atoms with Crippen molar-refractivity contribution in [2.45, 2.75) is 0 Å². The molecule has 0 aliphatic heterocycles. The molecular formula is C44H29N. The van der Waals surface area contributed by atoms with Crippen LogP contribution in [0.3, 0.4) is 0 Å². The smallest absolute Gasteiger partial charge is 0.0541 e. The molecule has 0 atom stereocenters. The zero-order chi connectivity index (χ0) is 29.7. The predicted octanol–water partition coefficient (Wildman–Crippen LogP) is 12.1. The Morgan fingerprint density at radius 2 is 0.822 bits per heavy atom. The molecule has 0 saturated heterocycles. The summed E-state index contributed by atoms with van der Waals surface area (Å²) in [4.78, 5) is 0. The molecule has 45 heavy (non-hydrogen) atoms. The lowest BCUT2D eigenvalue weighted by molar-refractivity contribution is 1.18. The van der Waals surface area contributed by atoms with Gasteiger partial charge in [-0.3, -0.25) is 0 Å². The van der Waals surface area contributed by atoms with Gasteiger partial charge in [-0.1, -0.05) is 146 Å². The van der Waals surface area contributed by atoms with Crippen molar-refractivity contribution in [2.75, 3.05) is 0 Å². The molecule has 1 nitrogen and oxygen atoms in total. The van der Waals surface area contributed by atoms with Crippen LogP contribution in [0.25, 0.3) is 82.4 Å². The van der Waals surface area contributed by atoms with Crippen LogP contribution in [0.1, 0.15) is 0 Å². The maximum Gasteiger partial charge on any atom is 0.0541 e. The molecule has 0 fully saturated rings. The highest BCUT2D eigenvalue weighted by Gasteiger charge is 2.14. The van der Waals surface area contributed by atoms with Crippen LogP contribution < -0.4 is 0 Å². The summed E-state index contributed by atoms with van der Waals surface area (Å²) in [6, 6.07) is 64.0. The van der Waals surface area contributed by atoms with E-state index in [2.05, 4.69) is 180 Å². The van der Waals surface area contributed by atoms with Crippen molar-refractivity contribution >= 4 is 43.4 Å². The molecule has 0 spiro atoms. The summed E-state index contributed by atoms with van der Waals surface area (Å²) >= 11 is 0. The second-order valence-electron chi connectivity index (χ2n) is 11.8. The van der Waals surface area contributed by atoms with Crippen molar-refractivity contribution < 1.29 is 0 Å². The van der Waals surface area contributed by atoms with Gasteiger partial charge in [0.2, 0.25) is 0 Å². The van der Waals surface area contributed by atoms with Crippen LogP contribution in [-0.2, 0) is 0 Å². The zero-order valence-corrected chi connectivity index (χ0v) is 24.7. The van der Waals surface area contributed by atoms with Gasteiger partial charge in [-0.25, -0.2) is 0 Å². The van der Waals surface area contributed by atoms with Crippen LogP contribution in [0.4, 0.5) is 0 Å². The van der Waals surface area contributed by atoms with Crippen LogP contribution in [0.5, 0.6) is 0 Å². The fraction of sp³-hybridized carbons (Fsp3) is 0. The van der Waals surface area contributed by atoms with Gasteiger partial charge in [-0.05, 0) is 85.3 Å². The van der Waals surface area contributed by atoms with E-state index in [9.17, 15) is 0 Å². The Kier molecular flexibility index (Phi) is 5.89. The van der Waals surface area contributed by atoms with Gasteiger partial charge in [0.1, 0.15) is 0 Å². The van der Waals surface area contributed by atoms with Gasteiger partial charge in [-0.2, -0.15) is 0 Å². The van der Waals surface area contributed by atoms with Crippen LogP contribution >= 0.6 is 0 Å². The Morgan fingerprint density at radius 1 is 0.289 bits per heavy atom. The molecule has 0 unspecified atom stereocenters. The highest BCUT2D eigenvalue weighted by Crippen LogP contribution is 2.37. The molecule has 0 saturated carbocycles. The minimum absolute atomic E-state index is 1.17. The number of aromatic nitrogens is 1. The van der Waals surface area contributed by atoms with Crippen molar-refractivity contribution in [1.29, 1.82) is 0 Å². The molecule has 0 radical (unpaired) electrons. The number of fused-ring (bicyclic) bond motifs is 5. The highest BCUT2D eigenvalue weighted by molar-refractivity contribution is 6.10. The van der Waals surface area contributed by atoms with E-state index in [1.54, 1.807) is 0 Å². The number of benzene rings is 8. The van der Waals surface area contributed by atoms with Gasteiger partial charge in [0.15, 0.2) is 0 Å². The third kappa shape index (κ3) is 4.24. The van der Waals surface area contributed by atoms with E-state index in [1.807, 2.05) is 0 Å². The molecule has 0 amide bonds.